The zero-order valence-corrected chi connectivity index (χ0v) is 18.8. The molecule has 0 bridgehead atoms. The van der Waals surface area contributed by atoms with Gasteiger partial charge in [-0.2, -0.15) is 0 Å². The third-order valence-corrected chi connectivity index (χ3v) is 5.01. The van der Waals surface area contributed by atoms with Crippen molar-refractivity contribution in [1.29, 1.82) is 0 Å². The monoisotopic (exact) mass is 474 g/mol. The first kappa shape index (κ1) is 23.0. The maximum Gasteiger partial charge on any atom is 0.191 e. The third-order valence-electron chi connectivity index (χ3n) is 5.01. The molecule has 0 saturated carbocycles. The van der Waals surface area contributed by atoms with Gasteiger partial charge in [-0.1, -0.05) is 31.5 Å². The van der Waals surface area contributed by atoms with Gasteiger partial charge in [0, 0.05) is 32.7 Å². The van der Waals surface area contributed by atoms with Crippen molar-refractivity contribution in [3.05, 3.63) is 29.8 Å². The second-order valence-corrected chi connectivity index (χ2v) is 6.58. The van der Waals surface area contributed by atoms with E-state index >= 15 is 0 Å². The molecule has 0 spiro atoms. The Labute approximate surface area is 176 Å². The first-order chi connectivity index (χ1) is 12.3. The molecule has 0 aliphatic carbocycles. The van der Waals surface area contributed by atoms with Crippen molar-refractivity contribution in [2.75, 3.05) is 40.3 Å². The van der Waals surface area contributed by atoms with Crippen molar-refractivity contribution in [2.24, 2.45) is 4.99 Å². The Kier molecular flexibility index (Phi) is 11.7. The number of ether oxygens (including phenoxy) is 1. The Morgan fingerprint density at radius 3 is 2.73 bits per heavy atom. The molecule has 1 unspecified atom stereocenters. The lowest BCUT2D eigenvalue weighted by Gasteiger charge is -2.35. The van der Waals surface area contributed by atoms with Gasteiger partial charge in [0.25, 0.3) is 0 Å². The van der Waals surface area contributed by atoms with Crippen LogP contribution in [0.25, 0.3) is 0 Å². The van der Waals surface area contributed by atoms with E-state index in [1.54, 1.807) is 7.11 Å². The number of likely N-dealkylation sites (tertiary alicyclic amines) is 1. The predicted molar refractivity (Wildman–Crippen MR) is 121 cm³/mol. The second kappa shape index (κ2) is 13.2. The number of rotatable bonds is 8. The molecule has 2 N–H and O–H groups in total. The largest absolute Gasteiger partial charge is 0.496 e. The lowest BCUT2D eigenvalue weighted by molar-refractivity contribution is 0.147. The first-order valence-corrected chi connectivity index (χ1v) is 9.59. The summed E-state index contributed by atoms with van der Waals surface area (Å²) in [7, 11) is 3.55. The van der Waals surface area contributed by atoms with Crippen molar-refractivity contribution in [3.63, 3.8) is 0 Å². The lowest BCUT2D eigenvalue weighted by Crippen LogP contribution is -2.46. The summed E-state index contributed by atoms with van der Waals surface area (Å²) < 4.78 is 5.40. The molecule has 148 valence electrons. The molecular weight excluding hydrogens is 439 g/mol. The van der Waals surface area contributed by atoms with Crippen molar-refractivity contribution < 1.29 is 4.74 Å². The fourth-order valence-electron chi connectivity index (χ4n) is 3.58. The summed E-state index contributed by atoms with van der Waals surface area (Å²) in [5.74, 6) is 1.82. The summed E-state index contributed by atoms with van der Waals surface area (Å²) >= 11 is 0. The number of hydrogen-bond acceptors (Lipinski definition) is 3. The number of guanidine groups is 1. The van der Waals surface area contributed by atoms with Crippen LogP contribution in [-0.2, 0) is 6.42 Å². The zero-order valence-electron chi connectivity index (χ0n) is 16.5. The van der Waals surface area contributed by atoms with E-state index in [0.717, 1.165) is 43.8 Å². The van der Waals surface area contributed by atoms with Gasteiger partial charge in [0.1, 0.15) is 5.75 Å². The van der Waals surface area contributed by atoms with E-state index in [2.05, 4.69) is 33.5 Å². The number of nitrogens with one attached hydrogen (secondary N) is 2. The van der Waals surface area contributed by atoms with Crippen LogP contribution < -0.4 is 15.4 Å². The highest BCUT2D eigenvalue weighted by Crippen LogP contribution is 2.18. The Morgan fingerprint density at radius 2 is 2.00 bits per heavy atom. The minimum Gasteiger partial charge on any atom is -0.496 e. The van der Waals surface area contributed by atoms with Crippen LogP contribution in [0.1, 0.15) is 38.2 Å². The van der Waals surface area contributed by atoms with Crippen molar-refractivity contribution in [1.82, 2.24) is 15.5 Å². The van der Waals surface area contributed by atoms with Crippen LogP contribution in [0.15, 0.2) is 29.3 Å². The highest BCUT2D eigenvalue weighted by molar-refractivity contribution is 14.0. The SMILES string of the molecule is CCC1CCCCN1CCNC(=NC)NCCc1ccccc1OC.I. The summed E-state index contributed by atoms with van der Waals surface area (Å²) in [6.07, 6.45) is 6.24. The molecule has 1 aromatic carbocycles. The number of aliphatic imine (C=N–C) groups is 1. The van der Waals surface area contributed by atoms with Gasteiger partial charge < -0.3 is 15.4 Å². The molecule has 0 aromatic heterocycles. The topological polar surface area (TPSA) is 48.9 Å². The van der Waals surface area contributed by atoms with Crippen LogP contribution in [-0.4, -0.2) is 57.2 Å². The van der Waals surface area contributed by atoms with E-state index in [9.17, 15) is 0 Å². The highest BCUT2D eigenvalue weighted by atomic mass is 127. The number of halogens is 1. The van der Waals surface area contributed by atoms with E-state index < -0.39 is 0 Å². The fourth-order valence-corrected chi connectivity index (χ4v) is 3.58. The van der Waals surface area contributed by atoms with Gasteiger partial charge in [0.05, 0.1) is 7.11 Å². The average molecular weight is 474 g/mol. The van der Waals surface area contributed by atoms with E-state index in [0.29, 0.717) is 0 Å². The maximum absolute atomic E-state index is 5.40. The third kappa shape index (κ3) is 7.31. The number of para-hydroxylation sites is 1. The molecule has 1 aromatic rings. The highest BCUT2D eigenvalue weighted by Gasteiger charge is 2.19. The van der Waals surface area contributed by atoms with Gasteiger partial charge in [-0.25, -0.2) is 0 Å². The smallest absolute Gasteiger partial charge is 0.191 e. The van der Waals surface area contributed by atoms with Crippen LogP contribution in [0.3, 0.4) is 0 Å². The molecule has 0 radical (unpaired) electrons. The maximum atomic E-state index is 5.40. The summed E-state index contributed by atoms with van der Waals surface area (Å²) in [6.45, 7) is 6.40. The summed E-state index contributed by atoms with van der Waals surface area (Å²) in [5, 5.41) is 6.84. The van der Waals surface area contributed by atoms with Crippen molar-refractivity contribution in [3.8, 4) is 5.75 Å². The zero-order chi connectivity index (χ0) is 17.9. The molecule has 6 heteroatoms. The Balaban J connectivity index is 0.00000338. The summed E-state index contributed by atoms with van der Waals surface area (Å²) in [6, 6.07) is 8.92. The van der Waals surface area contributed by atoms with E-state index in [1.807, 2.05) is 25.2 Å². The Hall–Kier alpha value is -1.02. The molecule has 1 saturated heterocycles. The van der Waals surface area contributed by atoms with Gasteiger partial charge in [0.15, 0.2) is 5.96 Å². The predicted octanol–water partition coefficient (Wildman–Crippen LogP) is 3.29. The van der Waals surface area contributed by atoms with E-state index in [1.165, 1.54) is 37.8 Å². The summed E-state index contributed by atoms with van der Waals surface area (Å²) in [4.78, 5) is 6.95. The lowest BCUT2D eigenvalue weighted by atomic mass is 10.0. The van der Waals surface area contributed by atoms with Crippen LogP contribution in [0.4, 0.5) is 0 Å². The molecule has 1 fully saturated rings. The van der Waals surface area contributed by atoms with Gasteiger partial charge in [-0.3, -0.25) is 9.89 Å². The van der Waals surface area contributed by atoms with Crippen molar-refractivity contribution >= 4 is 29.9 Å². The number of hydrogen-bond donors (Lipinski definition) is 2. The van der Waals surface area contributed by atoms with Gasteiger partial charge in [-0.05, 0) is 43.9 Å². The number of nitrogens with zero attached hydrogens (tertiary/aromatic N) is 2. The standard InChI is InChI=1S/C20H34N4O.HI/c1-4-18-10-7-8-15-24(18)16-14-23-20(21-2)22-13-12-17-9-5-6-11-19(17)25-3;/h5-6,9,11,18H,4,7-8,10,12-16H2,1-3H3,(H2,21,22,23);1H. The first-order valence-electron chi connectivity index (χ1n) is 9.59. The molecule has 1 aliphatic rings. The minimum atomic E-state index is 0. The molecule has 5 nitrogen and oxygen atoms in total. The summed E-state index contributed by atoms with van der Waals surface area (Å²) in [5.41, 5.74) is 1.21. The molecular formula is C20H35IN4O. The molecule has 1 heterocycles. The Morgan fingerprint density at radius 1 is 1.23 bits per heavy atom. The van der Waals surface area contributed by atoms with Gasteiger partial charge >= 0.3 is 0 Å². The van der Waals surface area contributed by atoms with Crippen LogP contribution in [0.5, 0.6) is 5.75 Å². The molecule has 1 aliphatic heterocycles. The fraction of sp³-hybridized carbons (Fsp3) is 0.650. The quantitative estimate of drug-likeness (QED) is 0.345. The van der Waals surface area contributed by atoms with Crippen LogP contribution >= 0.6 is 24.0 Å². The van der Waals surface area contributed by atoms with E-state index in [-0.39, 0.29) is 24.0 Å². The molecule has 2 rings (SSSR count). The molecule has 1 atom stereocenters. The molecule has 0 amide bonds. The van der Waals surface area contributed by atoms with Gasteiger partial charge in [0.2, 0.25) is 0 Å². The average Bonchev–Trinajstić information content (AvgIpc) is 2.67. The minimum absolute atomic E-state index is 0. The van der Waals surface area contributed by atoms with Crippen LogP contribution in [0, 0.1) is 0 Å². The van der Waals surface area contributed by atoms with Crippen molar-refractivity contribution in [2.45, 2.75) is 45.1 Å². The van der Waals surface area contributed by atoms with Gasteiger partial charge in [-0.15, -0.1) is 24.0 Å². The number of benzene rings is 1. The molecule has 26 heavy (non-hydrogen) atoms. The normalized spacial score (nSPS) is 18.1. The number of piperidine rings is 1. The Bertz CT molecular complexity index is 538. The van der Waals surface area contributed by atoms with Crippen LogP contribution in [0.2, 0.25) is 0 Å². The number of methoxy groups -OCH3 is 1. The second-order valence-electron chi connectivity index (χ2n) is 6.58. The van der Waals surface area contributed by atoms with E-state index in [4.69, 9.17) is 4.74 Å².